The number of Topliss-reactive ketones (excluding diaryl/α,β-unsaturated/α-hetero) is 1. The fourth-order valence-electron chi connectivity index (χ4n) is 13.7. The van der Waals surface area contributed by atoms with Gasteiger partial charge in [0.25, 0.3) is 0 Å². The van der Waals surface area contributed by atoms with E-state index in [-0.39, 0.29) is 51.8 Å². The highest BCUT2D eigenvalue weighted by molar-refractivity contribution is 6.00. The number of allylic oxidation sites excluding steroid dienone is 1. The molecule has 4 saturated carbocycles. The lowest BCUT2D eigenvalue weighted by atomic mass is 9.33. The van der Waals surface area contributed by atoms with Gasteiger partial charge < -0.3 is 19.8 Å². The monoisotopic (exact) mass is 776 g/mol. The molecular formula is C47H73N3O6. The normalized spacial score (nSPS) is 35.9. The van der Waals surface area contributed by atoms with Crippen molar-refractivity contribution >= 4 is 17.7 Å². The highest BCUT2D eigenvalue weighted by Gasteiger charge is 2.71. The number of aromatic nitrogens is 1. The predicted octanol–water partition coefficient (Wildman–Crippen LogP) is 8.20. The molecule has 0 saturated heterocycles. The summed E-state index contributed by atoms with van der Waals surface area (Å²) in [7, 11) is 4.18. The van der Waals surface area contributed by atoms with E-state index >= 15 is 0 Å². The number of esters is 1. The number of aliphatic hydroxyl groups excluding tert-OH is 1. The molecule has 0 spiro atoms. The Labute approximate surface area is 337 Å². The second-order valence-corrected chi connectivity index (χ2v) is 21.5. The van der Waals surface area contributed by atoms with E-state index in [1.807, 2.05) is 12.4 Å². The Morgan fingerprint density at radius 2 is 1.61 bits per heavy atom. The van der Waals surface area contributed by atoms with Gasteiger partial charge in [-0.25, -0.2) is 0 Å². The number of rotatable bonds is 13. The van der Waals surface area contributed by atoms with Gasteiger partial charge >= 0.3 is 11.9 Å². The van der Waals surface area contributed by atoms with Crippen molar-refractivity contribution in [1.82, 2.24) is 14.8 Å². The number of carboxylic acids is 1. The summed E-state index contributed by atoms with van der Waals surface area (Å²) in [6, 6.07) is 4.11. The van der Waals surface area contributed by atoms with Gasteiger partial charge in [-0.2, -0.15) is 0 Å². The fourth-order valence-corrected chi connectivity index (χ4v) is 13.7. The van der Waals surface area contributed by atoms with Gasteiger partial charge in [0.1, 0.15) is 6.10 Å². The van der Waals surface area contributed by atoms with Crippen LogP contribution in [0.1, 0.15) is 132 Å². The van der Waals surface area contributed by atoms with Crippen LogP contribution in [0.4, 0.5) is 0 Å². The second-order valence-electron chi connectivity index (χ2n) is 21.5. The maximum atomic E-state index is 14.3. The average molecular weight is 776 g/mol. The average Bonchev–Trinajstić information content (AvgIpc) is 3.42. The summed E-state index contributed by atoms with van der Waals surface area (Å²) >= 11 is 0. The second kappa shape index (κ2) is 15.2. The number of hydrogen-bond acceptors (Lipinski definition) is 8. The molecule has 56 heavy (non-hydrogen) atoms. The van der Waals surface area contributed by atoms with Crippen LogP contribution in [-0.2, 0) is 25.7 Å². The molecule has 5 aliphatic rings. The number of nitrogens with zero attached hydrogens (tertiary/aromatic N) is 3. The predicted molar refractivity (Wildman–Crippen MR) is 219 cm³/mol. The number of aliphatic hydroxyl groups is 1. The van der Waals surface area contributed by atoms with Crippen molar-refractivity contribution < 1.29 is 29.3 Å². The number of carboxylic acid groups (broad SMARTS) is 1. The molecule has 5 aliphatic carbocycles. The van der Waals surface area contributed by atoms with Crippen LogP contribution in [0.25, 0.3) is 0 Å². The van der Waals surface area contributed by atoms with Gasteiger partial charge in [-0.3, -0.25) is 24.3 Å². The number of aliphatic carboxylic acids is 1. The standard InChI is InChI=1S/C47H73N3O6/c1-30(2)39-33(51)26-47(36(52)29-50(25-24-49(10)11)28-31-16-22-48-23-17-31)21-20-45(8)32(40(39)47)12-13-35-44(7)18-15-37(56-38(53)27-42(3,4)41(54)55)43(5,6)34(44)14-19-46(35,45)9/h16-17,22-23,30,32,34-37,52H,12-15,18-21,24-29H2,1-11H3,(H,54,55)/t32-,34+,35-,36+,37-,44+,45-,46-,47+/m1/s1. The Balaban J connectivity index is 1.29. The first-order valence-electron chi connectivity index (χ1n) is 21.7. The number of pyridine rings is 1. The topological polar surface area (TPSA) is 120 Å². The van der Waals surface area contributed by atoms with Crippen LogP contribution in [0.3, 0.4) is 0 Å². The molecule has 1 aromatic rings. The van der Waals surface area contributed by atoms with Crippen LogP contribution < -0.4 is 0 Å². The maximum Gasteiger partial charge on any atom is 0.309 e. The van der Waals surface area contributed by atoms with Crippen LogP contribution in [-0.4, -0.2) is 88.7 Å². The highest BCUT2D eigenvalue weighted by atomic mass is 16.5. The van der Waals surface area contributed by atoms with Gasteiger partial charge in [0.05, 0.1) is 17.9 Å². The minimum Gasteiger partial charge on any atom is -0.481 e. The van der Waals surface area contributed by atoms with Gasteiger partial charge in [-0.15, -0.1) is 0 Å². The first kappa shape index (κ1) is 43.0. The lowest BCUT2D eigenvalue weighted by molar-refractivity contribution is -0.235. The van der Waals surface area contributed by atoms with E-state index in [4.69, 9.17) is 4.74 Å². The summed E-state index contributed by atoms with van der Waals surface area (Å²) in [5.41, 5.74) is 1.61. The SMILES string of the molecule is CC(C)C1=C2[C@H]3CC[C@@H]4[C@@]5(C)CC[C@@H](OC(=O)CC(C)(C)C(=O)O)C(C)(C)[C@@H]5CC[C@@]4(C)[C@]3(C)CC[C@@]2([C@@H](O)CN(CCN(C)C)Cc2ccncc2)CC1=O. The van der Waals surface area contributed by atoms with Crippen molar-refractivity contribution in [3.8, 4) is 0 Å². The summed E-state index contributed by atoms with van der Waals surface area (Å²) in [5, 5.41) is 22.3. The first-order chi connectivity index (χ1) is 26.0. The molecule has 0 amide bonds. The summed E-state index contributed by atoms with van der Waals surface area (Å²) in [4.78, 5) is 48.0. The number of likely N-dealkylation sites (N-methyl/N-ethyl adjacent to an activating group) is 1. The van der Waals surface area contributed by atoms with Crippen molar-refractivity contribution in [2.45, 2.75) is 145 Å². The lowest BCUT2D eigenvalue weighted by Gasteiger charge is -2.72. The van der Waals surface area contributed by atoms with Gasteiger partial charge in [0.2, 0.25) is 0 Å². The Bertz CT molecular complexity index is 1690. The Kier molecular flexibility index (Phi) is 11.7. The smallest absolute Gasteiger partial charge is 0.309 e. The van der Waals surface area contributed by atoms with Gasteiger partial charge in [0, 0.05) is 55.8 Å². The van der Waals surface area contributed by atoms with Gasteiger partial charge in [-0.1, -0.05) is 54.0 Å². The molecule has 0 aliphatic heterocycles. The summed E-state index contributed by atoms with van der Waals surface area (Å²) in [6.45, 7) is 22.7. The van der Waals surface area contributed by atoms with Crippen LogP contribution in [0.5, 0.6) is 0 Å². The minimum absolute atomic E-state index is 0.0231. The lowest BCUT2D eigenvalue weighted by Crippen LogP contribution is -2.66. The molecule has 0 radical (unpaired) electrons. The Hall–Kier alpha value is -2.62. The molecular weight excluding hydrogens is 703 g/mol. The van der Waals surface area contributed by atoms with E-state index in [2.05, 4.69) is 89.5 Å². The van der Waals surface area contributed by atoms with E-state index in [1.54, 1.807) is 13.8 Å². The zero-order chi connectivity index (χ0) is 41.2. The molecule has 2 N–H and O–H groups in total. The van der Waals surface area contributed by atoms with E-state index in [9.17, 15) is 24.6 Å². The van der Waals surface area contributed by atoms with Crippen molar-refractivity contribution in [2.75, 3.05) is 33.7 Å². The number of ketones is 1. The molecule has 1 heterocycles. The molecule has 0 bridgehead atoms. The van der Waals surface area contributed by atoms with Gasteiger partial charge in [-0.05, 0) is 142 Å². The molecule has 4 fully saturated rings. The third kappa shape index (κ3) is 7.12. The summed E-state index contributed by atoms with van der Waals surface area (Å²) < 4.78 is 6.19. The first-order valence-corrected chi connectivity index (χ1v) is 21.7. The highest BCUT2D eigenvalue weighted by Crippen LogP contribution is 2.77. The molecule has 9 nitrogen and oxygen atoms in total. The van der Waals surface area contributed by atoms with Crippen molar-refractivity contribution in [3.05, 3.63) is 41.2 Å². The number of carbonyl (C=O) groups excluding carboxylic acids is 2. The molecule has 9 atom stereocenters. The molecule has 0 aromatic carbocycles. The molecule has 0 unspecified atom stereocenters. The van der Waals surface area contributed by atoms with Crippen LogP contribution in [0, 0.1) is 56.2 Å². The zero-order valence-corrected chi connectivity index (χ0v) is 36.5. The summed E-state index contributed by atoms with van der Waals surface area (Å²) in [6.07, 6.45) is 10.9. The minimum atomic E-state index is -1.17. The molecule has 6 rings (SSSR count). The Morgan fingerprint density at radius 1 is 0.929 bits per heavy atom. The zero-order valence-electron chi connectivity index (χ0n) is 36.5. The number of ether oxygens (including phenoxy) is 1. The molecule has 1 aromatic heterocycles. The largest absolute Gasteiger partial charge is 0.481 e. The van der Waals surface area contributed by atoms with Crippen LogP contribution in [0.15, 0.2) is 35.7 Å². The number of carbonyl (C=O) groups is 3. The Morgan fingerprint density at radius 3 is 2.23 bits per heavy atom. The van der Waals surface area contributed by atoms with Gasteiger partial charge in [0.15, 0.2) is 5.78 Å². The molecule has 9 heteroatoms. The summed E-state index contributed by atoms with van der Waals surface area (Å²) in [5.74, 6) is 0.0379. The van der Waals surface area contributed by atoms with E-state index in [0.29, 0.717) is 24.8 Å². The quantitative estimate of drug-likeness (QED) is 0.191. The van der Waals surface area contributed by atoms with Crippen LogP contribution in [0.2, 0.25) is 0 Å². The van der Waals surface area contributed by atoms with E-state index < -0.39 is 28.9 Å². The fraction of sp³-hybridized carbons (Fsp3) is 0.787. The van der Waals surface area contributed by atoms with E-state index in [0.717, 1.165) is 76.6 Å². The maximum absolute atomic E-state index is 14.3. The third-order valence-electron chi connectivity index (χ3n) is 17.0. The van der Waals surface area contributed by atoms with E-state index in [1.165, 1.54) is 11.1 Å². The van der Waals surface area contributed by atoms with Crippen molar-refractivity contribution in [3.63, 3.8) is 0 Å². The molecule has 312 valence electrons. The third-order valence-corrected chi connectivity index (χ3v) is 17.0. The van der Waals surface area contributed by atoms with Crippen LogP contribution >= 0.6 is 0 Å². The van der Waals surface area contributed by atoms with Crippen molar-refractivity contribution in [2.24, 2.45) is 56.2 Å². The number of fused-ring (bicyclic) bond motifs is 7. The number of hydrogen-bond donors (Lipinski definition) is 2. The van der Waals surface area contributed by atoms with Crippen molar-refractivity contribution in [1.29, 1.82) is 0 Å².